The minimum atomic E-state index is 0.343. The summed E-state index contributed by atoms with van der Waals surface area (Å²) in [7, 11) is 0. The van der Waals surface area contributed by atoms with Crippen LogP contribution in [0.4, 0.5) is 0 Å². The molecule has 0 bridgehead atoms. The summed E-state index contributed by atoms with van der Waals surface area (Å²) in [5.41, 5.74) is 1.46. The van der Waals surface area contributed by atoms with Gasteiger partial charge in [0.15, 0.2) is 5.78 Å². The standard InChI is InChI=1S/C13H18OS/c1-2-6-11(14)13-9-10-7-4-3-5-8-12(10)15-13/h9H,2-8H2,1H3. The predicted octanol–water partition coefficient (Wildman–Crippen LogP) is 4.00. The molecular weight excluding hydrogens is 204 g/mol. The van der Waals surface area contributed by atoms with Crippen molar-refractivity contribution in [2.75, 3.05) is 0 Å². The Bertz CT molecular complexity index is 328. The molecule has 82 valence electrons. The van der Waals surface area contributed by atoms with Crippen LogP contribution in [0.15, 0.2) is 6.07 Å². The quantitative estimate of drug-likeness (QED) is 0.558. The smallest absolute Gasteiger partial charge is 0.172 e. The molecule has 0 fully saturated rings. The molecule has 2 heteroatoms. The minimum Gasteiger partial charge on any atom is -0.293 e. The van der Waals surface area contributed by atoms with E-state index < -0.39 is 0 Å². The largest absolute Gasteiger partial charge is 0.293 e. The lowest BCUT2D eigenvalue weighted by Crippen LogP contribution is -1.93. The van der Waals surface area contributed by atoms with Crippen LogP contribution >= 0.6 is 11.3 Å². The Kier molecular flexibility index (Phi) is 3.57. The van der Waals surface area contributed by atoms with Crippen LogP contribution in [0, 0.1) is 0 Å². The predicted molar refractivity (Wildman–Crippen MR) is 64.8 cm³/mol. The zero-order valence-corrected chi connectivity index (χ0v) is 10.2. The lowest BCUT2D eigenvalue weighted by Gasteiger charge is -1.94. The highest BCUT2D eigenvalue weighted by Crippen LogP contribution is 2.29. The van der Waals surface area contributed by atoms with Crippen molar-refractivity contribution >= 4 is 17.1 Å². The zero-order valence-electron chi connectivity index (χ0n) is 9.34. The number of hydrogen-bond acceptors (Lipinski definition) is 2. The van der Waals surface area contributed by atoms with Crippen molar-refractivity contribution in [3.05, 3.63) is 21.4 Å². The van der Waals surface area contributed by atoms with Gasteiger partial charge in [-0.05, 0) is 43.7 Å². The first kappa shape index (κ1) is 10.9. The number of carbonyl (C=O) groups is 1. The molecule has 1 aromatic heterocycles. The fourth-order valence-electron chi connectivity index (χ4n) is 2.16. The van der Waals surface area contributed by atoms with Crippen molar-refractivity contribution in [3.8, 4) is 0 Å². The van der Waals surface area contributed by atoms with E-state index in [1.165, 1.54) is 42.5 Å². The number of rotatable bonds is 3. The Labute approximate surface area is 95.5 Å². The average molecular weight is 222 g/mol. The summed E-state index contributed by atoms with van der Waals surface area (Å²) >= 11 is 1.75. The molecule has 0 aliphatic heterocycles. The van der Waals surface area contributed by atoms with Gasteiger partial charge in [-0.15, -0.1) is 11.3 Å². The highest BCUT2D eigenvalue weighted by atomic mass is 32.1. The molecule has 0 saturated heterocycles. The van der Waals surface area contributed by atoms with E-state index in [1.807, 2.05) is 0 Å². The van der Waals surface area contributed by atoms with Gasteiger partial charge in [0, 0.05) is 11.3 Å². The zero-order chi connectivity index (χ0) is 10.7. The molecule has 15 heavy (non-hydrogen) atoms. The van der Waals surface area contributed by atoms with E-state index in [1.54, 1.807) is 11.3 Å². The van der Waals surface area contributed by atoms with Crippen LogP contribution in [0.25, 0.3) is 0 Å². The number of aryl methyl sites for hydroxylation is 2. The van der Waals surface area contributed by atoms with Crippen LogP contribution in [0.3, 0.4) is 0 Å². The first-order valence-corrected chi connectivity index (χ1v) is 6.77. The van der Waals surface area contributed by atoms with Gasteiger partial charge in [0.05, 0.1) is 4.88 Å². The molecule has 0 spiro atoms. The molecule has 0 unspecified atom stereocenters. The normalized spacial score (nSPS) is 15.8. The fourth-order valence-corrected chi connectivity index (χ4v) is 3.38. The van der Waals surface area contributed by atoms with Crippen molar-refractivity contribution in [1.29, 1.82) is 0 Å². The van der Waals surface area contributed by atoms with Crippen LogP contribution in [0.5, 0.6) is 0 Å². The van der Waals surface area contributed by atoms with Gasteiger partial charge >= 0.3 is 0 Å². The maximum atomic E-state index is 11.8. The van der Waals surface area contributed by atoms with Crippen LogP contribution in [0.2, 0.25) is 0 Å². The Morgan fingerprint density at radius 3 is 2.93 bits per heavy atom. The van der Waals surface area contributed by atoms with Crippen molar-refractivity contribution in [2.45, 2.75) is 51.9 Å². The summed E-state index contributed by atoms with van der Waals surface area (Å²) in [6.07, 6.45) is 7.99. The summed E-state index contributed by atoms with van der Waals surface area (Å²) in [4.78, 5) is 14.2. The molecule has 0 aromatic carbocycles. The Morgan fingerprint density at radius 1 is 1.33 bits per heavy atom. The molecule has 0 atom stereocenters. The molecule has 1 aliphatic carbocycles. The first-order chi connectivity index (χ1) is 7.31. The third-order valence-electron chi connectivity index (χ3n) is 3.00. The molecule has 1 heterocycles. The van der Waals surface area contributed by atoms with Gasteiger partial charge in [-0.2, -0.15) is 0 Å². The van der Waals surface area contributed by atoms with E-state index in [9.17, 15) is 4.79 Å². The highest BCUT2D eigenvalue weighted by Gasteiger charge is 2.15. The second-order valence-electron chi connectivity index (χ2n) is 4.29. The average Bonchev–Trinajstić information content (AvgIpc) is 2.51. The third-order valence-corrected chi connectivity index (χ3v) is 4.28. The maximum Gasteiger partial charge on any atom is 0.172 e. The Morgan fingerprint density at radius 2 is 2.13 bits per heavy atom. The molecule has 0 radical (unpaired) electrons. The highest BCUT2D eigenvalue weighted by molar-refractivity contribution is 7.14. The lowest BCUT2D eigenvalue weighted by molar-refractivity contribution is 0.0985. The van der Waals surface area contributed by atoms with Crippen molar-refractivity contribution in [1.82, 2.24) is 0 Å². The van der Waals surface area contributed by atoms with Gasteiger partial charge in [0.1, 0.15) is 0 Å². The second kappa shape index (κ2) is 4.93. The van der Waals surface area contributed by atoms with E-state index in [0.717, 1.165) is 11.3 Å². The van der Waals surface area contributed by atoms with E-state index in [4.69, 9.17) is 0 Å². The van der Waals surface area contributed by atoms with Gasteiger partial charge in [-0.3, -0.25) is 4.79 Å². The van der Waals surface area contributed by atoms with Crippen molar-refractivity contribution in [2.24, 2.45) is 0 Å². The molecule has 2 rings (SSSR count). The summed E-state index contributed by atoms with van der Waals surface area (Å²) < 4.78 is 0. The molecule has 0 amide bonds. The van der Waals surface area contributed by atoms with E-state index in [0.29, 0.717) is 12.2 Å². The summed E-state index contributed by atoms with van der Waals surface area (Å²) in [6, 6.07) is 2.16. The van der Waals surface area contributed by atoms with E-state index >= 15 is 0 Å². The number of thiophene rings is 1. The van der Waals surface area contributed by atoms with Gasteiger partial charge in [0.2, 0.25) is 0 Å². The SMILES string of the molecule is CCCC(=O)c1cc2c(s1)CCCCC2. The minimum absolute atomic E-state index is 0.343. The van der Waals surface area contributed by atoms with Gasteiger partial charge in [-0.25, -0.2) is 0 Å². The number of ketones is 1. The summed E-state index contributed by atoms with van der Waals surface area (Å²) in [6.45, 7) is 2.07. The number of Topliss-reactive ketones (excluding diaryl/α,β-unsaturated/α-hetero) is 1. The number of hydrogen-bond donors (Lipinski definition) is 0. The van der Waals surface area contributed by atoms with Gasteiger partial charge < -0.3 is 0 Å². The first-order valence-electron chi connectivity index (χ1n) is 5.96. The monoisotopic (exact) mass is 222 g/mol. The van der Waals surface area contributed by atoms with Crippen LogP contribution in [0.1, 0.15) is 59.1 Å². The third kappa shape index (κ3) is 2.49. The number of carbonyl (C=O) groups excluding carboxylic acids is 1. The second-order valence-corrected chi connectivity index (χ2v) is 5.43. The lowest BCUT2D eigenvalue weighted by atomic mass is 10.1. The molecule has 0 N–H and O–H groups in total. The van der Waals surface area contributed by atoms with Crippen LogP contribution in [-0.4, -0.2) is 5.78 Å². The van der Waals surface area contributed by atoms with Crippen molar-refractivity contribution in [3.63, 3.8) is 0 Å². The van der Waals surface area contributed by atoms with Gasteiger partial charge in [0.25, 0.3) is 0 Å². The van der Waals surface area contributed by atoms with Crippen molar-refractivity contribution < 1.29 is 4.79 Å². The molecular formula is C13H18OS. The van der Waals surface area contributed by atoms with Crippen LogP contribution < -0.4 is 0 Å². The number of fused-ring (bicyclic) bond motifs is 1. The van der Waals surface area contributed by atoms with E-state index in [2.05, 4.69) is 13.0 Å². The summed E-state index contributed by atoms with van der Waals surface area (Å²) in [5.74, 6) is 0.343. The molecule has 1 aliphatic rings. The summed E-state index contributed by atoms with van der Waals surface area (Å²) in [5, 5.41) is 0. The van der Waals surface area contributed by atoms with E-state index in [-0.39, 0.29) is 0 Å². The van der Waals surface area contributed by atoms with Gasteiger partial charge in [-0.1, -0.05) is 13.3 Å². The molecule has 1 nitrogen and oxygen atoms in total. The molecule has 0 saturated carbocycles. The Hall–Kier alpha value is -0.630. The van der Waals surface area contributed by atoms with Crippen LogP contribution in [-0.2, 0) is 12.8 Å². The fraction of sp³-hybridized carbons (Fsp3) is 0.615. The Balaban J connectivity index is 2.18. The maximum absolute atomic E-state index is 11.8. The topological polar surface area (TPSA) is 17.1 Å². The molecule has 1 aromatic rings.